The number of carbonyl (C=O) groups is 1. The lowest BCUT2D eigenvalue weighted by atomic mass is 9.47. The molecular formula is C31H50O2. The lowest BCUT2D eigenvalue weighted by Crippen LogP contribution is -2.50. The quantitative estimate of drug-likeness (QED) is 0.297. The molecule has 4 aliphatic carbocycles. The average molecular weight is 455 g/mol. The molecular weight excluding hydrogens is 404 g/mol. The number of hydrogen-bond donors (Lipinski definition) is 0. The molecule has 0 bridgehead atoms. The van der Waals surface area contributed by atoms with Crippen LogP contribution in [0.2, 0.25) is 0 Å². The fourth-order valence-electron chi connectivity index (χ4n) is 9.15. The molecule has 33 heavy (non-hydrogen) atoms. The van der Waals surface area contributed by atoms with Gasteiger partial charge < -0.3 is 4.74 Å². The summed E-state index contributed by atoms with van der Waals surface area (Å²) < 4.78 is 5.65. The zero-order chi connectivity index (χ0) is 24.0. The van der Waals surface area contributed by atoms with Gasteiger partial charge in [0.05, 0.1) is 0 Å². The molecule has 0 aromatic rings. The highest BCUT2D eigenvalue weighted by atomic mass is 16.5. The van der Waals surface area contributed by atoms with Gasteiger partial charge in [0.15, 0.2) is 0 Å². The van der Waals surface area contributed by atoms with Crippen molar-refractivity contribution in [3.05, 3.63) is 23.3 Å². The van der Waals surface area contributed by atoms with Crippen molar-refractivity contribution >= 4 is 5.97 Å². The SMILES string of the molecule is C/C=C(\CC[C@@H](C)[C@H]1CC[C@H]2C3=CC[C@@H]4C[C@@H](OC(C)=O)CC[C@]4(C)[C@H]3CC[C@]12C)C(C)C. The summed E-state index contributed by atoms with van der Waals surface area (Å²) in [7, 11) is 0. The van der Waals surface area contributed by atoms with E-state index >= 15 is 0 Å². The summed E-state index contributed by atoms with van der Waals surface area (Å²) in [6.45, 7) is 16.3. The molecule has 0 saturated heterocycles. The van der Waals surface area contributed by atoms with Gasteiger partial charge in [0.2, 0.25) is 0 Å². The van der Waals surface area contributed by atoms with Crippen LogP contribution in [-0.4, -0.2) is 12.1 Å². The minimum absolute atomic E-state index is 0.106. The van der Waals surface area contributed by atoms with Gasteiger partial charge in [-0.25, -0.2) is 0 Å². The van der Waals surface area contributed by atoms with Crippen LogP contribution >= 0.6 is 0 Å². The smallest absolute Gasteiger partial charge is 0.302 e. The third-order valence-corrected chi connectivity index (χ3v) is 11.1. The number of ether oxygens (including phenoxy) is 1. The van der Waals surface area contributed by atoms with E-state index in [1.165, 1.54) is 51.4 Å². The molecule has 3 saturated carbocycles. The Morgan fingerprint density at radius 3 is 2.45 bits per heavy atom. The molecule has 4 aliphatic rings. The highest BCUT2D eigenvalue weighted by Crippen LogP contribution is 2.67. The Labute approximate surface area is 204 Å². The van der Waals surface area contributed by atoms with E-state index in [4.69, 9.17) is 4.74 Å². The Kier molecular flexibility index (Phi) is 7.24. The fourth-order valence-corrected chi connectivity index (χ4v) is 9.15. The molecule has 0 spiro atoms. The van der Waals surface area contributed by atoms with Crippen LogP contribution in [0.4, 0.5) is 0 Å². The van der Waals surface area contributed by atoms with Crippen LogP contribution in [-0.2, 0) is 9.53 Å². The van der Waals surface area contributed by atoms with Crippen LogP contribution < -0.4 is 0 Å². The van der Waals surface area contributed by atoms with Crippen molar-refractivity contribution < 1.29 is 9.53 Å². The molecule has 3 fully saturated rings. The predicted molar refractivity (Wildman–Crippen MR) is 138 cm³/mol. The van der Waals surface area contributed by atoms with Crippen molar-refractivity contribution in [2.75, 3.05) is 0 Å². The van der Waals surface area contributed by atoms with Crippen molar-refractivity contribution in [3.8, 4) is 0 Å². The van der Waals surface area contributed by atoms with Gasteiger partial charge in [-0.1, -0.05) is 57.9 Å². The van der Waals surface area contributed by atoms with E-state index in [2.05, 4.69) is 53.7 Å². The van der Waals surface area contributed by atoms with Crippen molar-refractivity contribution in [2.24, 2.45) is 46.3 Å². The van der Waals surface area contributed by atoms with E-state index in [0.29, 0.717) is 22.7 Å². The van der Waals surface area contributed by atoms with E-state index in [-0.39, 0.29) is 12.1 Å². The molecule has 2 heteroatoms. The second kappa shape index (κ2) is 9.54. The highest BCUT2D eigenvalue weighted by molar-refractivity contribution is 5.66. The third-order valence-electron chi connectivity index (χ3n) is 11.1. The van der Waals surface area contributed by atoms with Crippen LogP contribution in [0.3, 0.4) is 0 Å². The highest BCUT2D eigenvalue weighted by Gasteiger charge is 2.58. The molecule has 0 N–H and O–H groups in total. The van der Waals surface area contributed by atoms with Crippen molar-refractivity contribution in [3.63, 3.8) is 0 Å². The maximum atomic E-state index is 11.5. The van der Waals surface area contributed by atoms with E-state index in [9.17, 15) is 4.79 Å². The lowest BCUT2D eigenvalue weighted by Gasteiger charge is -2.58. The molecule has 4 rings (SSSR count). The Morgan fingerprint density at radius 2 is 1.79 bits per heavy atom. The van der Waals surface area contributed by atoms with Crippen molar-refractivity contribution in [1.29, 1.82) is 0 Å². The average Bonchev–Trinajstić information content (AvgIpc) is 3.11. The van der Waals surface area contributed by atoms with Gasteiger partial charge in [-0.05, 0) is 117 Å². The van der Waals surface area contributed by atoms with Crippen LogP contribution in [0.1, 0.15) is 113 Å². The van der Waals surface area contributed by atoms with Gasteiger partial charge in [0.25, 0.3) is 0 Å². The Morgan fingerprint density at radius 1 is 1.09 bits per heavy atom. The summed E-state index contributed by atoms with van der Waals surface area (Å²) in [5.41, 5.74) is 4.39. The molecule has 0 unspecified atom stereocenters. The molecule has 186 valence electrons. The largest absolute Gasteiger partial charge is 0.463 e. The molecule has 0 amide bonds. The van der Waals surface area contributed by atoms with E-state index in [0.717, 1.165) is 36.5 Å². The van der Waals surface area contributed by atoms with Gasteiger partial charge in [0.1, 0.15) is 6.10 Å². The number of hydrogen-bond acceptors (Lipinski definition) is 2. The first kappa shape index (κ1) is 25.1. The number of rotatable bonds is 6. The minimum Gasteiger partial charge on any atom is -0.463 e. The number of allylic oxidation sites excluding steroid dienone is 4. The van der Waals surface area contributed by atoms with E-state index < -0.39 is 0 Å². The molecule has 0 aromatic carbocycles. The number of carbonyl (C=O) groups excluding carboxylic acids is 1. The standard InChI is InChI=1S/C31H50O2/c1-8-23(20(2)3)10-9-21(4)27-13-14-28-26-12-11-24-19-25(33-22(5)32)15-17-30(24,6)29(26)16-18-31(27,28)7/h8,12,20-21,24-25,27-29H,9-11,13-19H2,1-7H3/b23-8+/t21-,24-,25+,27-,28+,29+,30+,31-/m1/s1. The van der Waals surface area contributed by atoms with Crippen molar-refractivity contribution in [1.82, 2.24) is 0 Å². The first-order valence-corrected chi connectivity index (χ1v) is 14.1. The second-order valence-corrected chi connectivity index (χ2v) is 13.0. The lowest BCUT2D eigenvalue weighted by molar-refractivity contribution is -0.152. The van der Waals surface area contributed by atoms with Gasteiger partial charge in [-0.2, -0.15) is 0 Å². The maximum Gasteiger partial charge on any atom is 0.302 e. The third kappa shape index (κ3) is 4.50. The summed E-state index contributed by atoms with van der Waals surface area (Å²) >= 11 is 0. The number of esters is 1. The van der Waals surface area contributed by atoms with Gasteiger partial charge in [-0.15, -0.1) is 0 Å². The fraction of sp³-hybridized carbons (Fsp3) is 0.839. The Hall–Kier alpha value is -1.05. The van der Waals surface area contributed by atoms with Crippen LogP contribution in [0.25, 0.3) is 0 Å². The summed E-state index contributed by atoms with van der Waals surface area (Å²) in [5.74, 6) is 4.51. The van der Waals surface area contributed by atoms with E-state index in [1.807, 2.05) is 5.57 Å². The monoisotopic (exact) mass is 454 g/mol. The normalized spacial score (nSPS) is 41.6. The molecule has 0 aromatic heterocycles. The zero-order valence-electron chi connectivity index (χ0n) is 22.6. The molecule has 0 aliphatic heterocycles. The van der Waals surface area contributed by atoms with Crippen LogP contribution in [0.5, 0.6) is 0 Å². The molecule has 8 atom stereocenters. The van der Waals surface area contributed by atoms with Crippen LogP contribution in [0.15, 0.2) is 23.3 Å². The first-order valence-electron chi connectivity index (χ1n) is 14.1. The Bertz CT molecular complexity index is 791. The molecule has 2 nitrogen and oxygen atoms in total. The van der Waals surface area contributed by atoms with Gasteiger partial charge >= 0.3 is 5.97 Å². The second-order valence-electron chi connectivity index (χ2n) is 13.0. The topological polar surface area (TPSA) is 26.3 Å². The van der Waals surface area contributed by atoms with Crippen LogP contribution in [0, 0.1) is 46.3 Å². The predicted octanol–water partition coefficient (Wildman–Crippen LogP) is 8.52. The van der Waals surface area contributed by atoms with Gasteiger partial charge in [0, 0.05) is 6.92 Å². The minimum atomic E-state index is -0.106. The summed E-state index contributed by atoms with van der Waals surface area (Å²) in [4.78, 5) is 11.5. The first-order chi connectivity index (χ1) is 15.6. The van der Waals surface area contributed by atoms with Crippen molar-refractivity contribution in [2.45, 2.75) is 119 Å². The molecule has 0 heterocycles. The summed E-state index contributed by atoms with van der Waals surface area (Å²) in [5, 5.41) is 0. The summed E-state index contributed by atoms with van der Waals surface area (Å²) in [6.07, 6.45) is 18.0. The summed E-state index contributed by atoms with van der Waals surface area (Å²) in [6, 6.07) is 0. The maximum absolute atomic E-state index is 11.5. The zero-order valence-corrected chi connectivity index (χ0v) is 22.6. The number of fused-ring (bicyclic) bond motifs is 5. The molecule has 0 radical (unpaired) electrons. The van der Waals surface area contributed by atoms with E-state index in [1.54, 1.807) is 12.5 Å². The van der Waals surface area contributed by atoms with Gasteiger partial charge in [-0.3, -0.25) is 4.79 Å². The Balaban J connectivity index is 1.47.